The summed E-state index contributed by atoms with van der Waals surface area (Å²) in [5.41, 5.74) is 2.09. The monoisotopic (exact) mass is 322 g/mol. The van der Waals surface area contributed by atoms with Crippen LogP contribution in [0.3, 0.4) is 0 Å². The Balaban J connectivity index is 1.77. The number of carbonyl (C=O) groups is 1. The van der Waals surface area contributed by atoms with Gasteiger partial charge in [-0.1, -0.05) is 42.5 Å². The molecule has 2 aromatic rings. The number of carbonyl (C=O) groups excluding carboxylic acids is 1. The van der Waals surface area contributed by atoms with Crippen molar-refractivity contribution in [2.45, 2.75) is 30.8 Å². The van der Waals surface area contributed by atoms with Crippen molar-refractivity contribution in [1.29, 1.82) is 0 Å². The summed E-state index contributed by atoms with van der Waals surface area (Å²) in [6, 6.07) is 16.5. The molecule has 0 radical (unpaired) electrons. The summed E-state index contributed by atoms with van der Waals surface area (Å²) in [5, 5.41) is 10.9. The van der Waals surface area contributed by atoms with Gasteiger partial charge in [-0.25, -0.2) is 0 Å². The maximum atomic E-state index is 13.0. The van der Waals surface area contributed by atoms with Gasteiger partial charge < -0.3 is 0 Å². The molecule has 0 N–H and O–H groups in total. The minimum absolute atomic E-state index is 0.0181. The summed E-state index contributed by atoms with van der Waals surface area (Å²) >= 11 is 0. The highest BCUT2D eigenvalue weighted by Crippen LogP contribution is 2.48. The Morgan fingerprint density at radius 1 is 1.00 bits per heavy atom. The molecule has 2 fully saturated rings. The summed E-state index contributed by atoms with van der Waals surface area (Å²) in [6.07, 6.45) is 1.94. The first kappa shape index (κ1) is 15.0. The van der Waals surface area contributed by atoms with Crippen LogP contribution in [0.1, 0.15) is 35.9 Å². The lowest BCUT2D eigenvalue weighted by Gasteiger charge is -2.26. The Bertz CT molecular complexity index is 773. The van der Waals surface area contributed by atoms with E-state index in [2.05, 4.69) is 4.90 Å². The molecule has 2 heterocycles. The predicted octanol–water partition coefficient (Wildman–Crippen LogP) is 3.47. The topological polar surface area (TPSA) is 63.4 Å². The van der Waals surface area contributed by atoms with Crippen LogP contribution in [-0.2, 0) is 4.79 Å². The van der Waals surface area contributed by atoms with Crippen LogP contribution >= 0.6 is 0 Å². The molecule has 0 amide bonds. The molecule has 2 aliphatic heterocycles. The summed E-state index contributed by atoms with van der Waals surface area (Å²) in [7, 11) is 0. The number of non-ortho nitro benzene ring substituents is 1. The number of nitro benzene ring substituents is 1. The van der Waals surface area contributed by atoms with Crippen molar-refractivity contribution >= 4 is 11.5 Å². The van der Waals surface area contributed by atoms with Gasteiger partial charge in [0, 0.05) is 18.2 Å². The average molecular weight is 322 g/mol. The number of hydrogen-bond acceptors (Lipinski definition) is 4. The van der Waals surface area contributed by atoms with Gasteiger partial charge in [0.2, 0.25) is 0 Å². The van der Waals surface area contributed by atoms with E-state index in [1.54, 1.807) is 12.1 Å². The maximum absolute atomic E-state index is 13.0. The van der Waals surface area contributed by atoms with Crippen molar-refractivity contribution in [3.05, 3.63) is 75.8 Å². The van der Waals surface area contributed by atoms with E-state index in [0.717, 1.165) is 30.5 Å². The maximum Gasteiger partial charge on any atom is 0.269 e. The zero-order valence-corrected chi connectivity index (χ0v) is 13.2. The van der Waals surface area contributed by atoms with Crippen molar-refractivity contribution < 1.29 is 9.72 Å². The fraction of sp³-hybridized carbons (Fsp3) is 0.316. The molecule has 5 heteroatoms. The Labute approximate surface area is 140 Å². The third kappa shape index (κ3) is 2.32. The molecule has 5 nitrogen and oxygen atoms in total. The first-order chi connectivity index (χ1) is 11.7. The van der Waals surface area contributed by atoms with Gasteiger partial charge in [-0.15, -0.1) is 0 Å². The quantitative estimate of drug-likeness (QED) is 0.641. The fourth-order valence-corrected chi connectivity index (χ4v) is 4.17. The van der Waals surface area contributed by atoms with E-state index >= 15 is 0 Å². The Kier molecular flexibility index (Phi) is 3.65. The highest BCUT2D eigenvalue weighted by atomic mass is 16.6. The minimum atomic E-state index is -0.392. The first-order valence-corrected chi connectivity index (χ1v) is 8.25. The molecule has 3 atom stereocenters. The van der Waals surface area contributed by atoms with Crippen LogP contribution in [0.4, 0.5) is 5.69 Å². The van der Waals surface area contributed by atoms with Gasteiger partial charge in [0.15, 0.2) is 5.78 Å². The van der Waals surface area contributed by atoms with Crippen molar-refractivity contribution in [3.63, 3.8) is 0 Å². The summed E-state index contributed by atoms with van der Waals surface area (Å²) in [4.78, 5) is 25.8. The molecule has 2 aliphatic rings. The molecule has 2 saturated heterocycles. The second kappa shape index (κ2) is 5.83. The molecular weight excluding hydrogens is 304 g/mol. The number of nitrogens with zero attached hydrogens (tertiary/aromatic N) is 2. The summed E-state index contributed by atoms with van der Waals surface area (Å²) in [5.74, 6) is 0.0833. The van der Waals surface area contributed by atoms with Gasteiger partial charge in [-0.05, 0) is 30.5 Å². The minimum Gasteiger partial charge on any atom is -0.297 e. The first-order valence-electron chi connectivity index (χ1n) is 8.25. The van der Waals surface area contributed by atoms with Gasteiger partial charge in [-0.2, -0.15) is 0 Å². The number of ketones is 1. The average Bonchev–Trinajstić information content (AvgIpc) is 3.18. The molecule has 24 heavy (non-hydrogen) atoms. The standard InChI is InChI=1S/C19H18N2O3/c22-19-16-7-4-12-20(16)18(17(19)13-5-2-1-3-6-13)14-8-10-15(11-9-14)21(23)24/h1-3,5-6,8-11,16-18H,4,7,12H2/t16-,17?,18?/m0/s1. The van der Waals surface area contributed by atoms with Crippen molar-refractivity contribution in [2.75, 3.05) is 6.54 Å². The van der Waals surface area contributed by atoms with Crippen LogP contribution < -0.4 is 0 Å². The normalized spacial score (nSPS) is 26.5. The molecule has 0 aromatic heterocycles. The van der Waals surface area contributed by atoms with Crippen molar-refractivity contribution in [2.24, 2.45) is 0 Å². The number of hydrogen-bond donors (Lipinski definition) is 0. The molecule has 2 aromatic carbocycles. The van der Waals surface area contributed by atoms with E-state index in [1.807, 2.05) is 30.3 Å². The van der Waals surface area contributed by atoms with Crippen LogP contribution in [0.25, 0.3) is 0 Å². The summed E-state index contributed by atoms with van der Waals surface area (Å²) < 4.78 is 0. The number of Topliss-reactive ketones (excluding diaryl/α,β-unsaturated/α-hetero) is 1. The SMILES string of the molecule is O=C1C(c2ccccc2)C(c2ccc([N+](=O)[O-])cc2)N2CCC[C@@H]12. The lowest BCUT2D eigenvalue weighted by Crippen LogP contribution is -2.28. The number of benzene rings is 2. The Morgan fingerprint density at radius 2 is 1.71 bits per heavy atom. The van der Waals surface area contributed by atoms with Gasteiger partial charge in [0.1, 0.15) is 0 Å². The lowest BCUT2D eigenvalue weighted by atomic mass is 9.85. The smallest absolute Gasteiger partial charge is 0.269 e. The highest BCUT2D eigenvalue weighted by molar-refractivity contribution is 5.94. The summed E-state index contributed by atoms with van der Waals surface area (Å²) in [6.45, 7) is 0.904. The predicted molar refractivity (Wildman–Crippen MR) is 89.8 cm³/mol. The fourth-order valence-electron chi connectivity index (χ4n) is 4.17. The zero-order valence-electron chi connectivity index (χ0n) is 13.2. The van der Waals surface area contributed by atoms with E-state index in [9.17, 15) is 14.9 Å². The Morgan fingerprint density at radius 3 is 2.38 bits per heavy atom. The van der Waals surface area contributed by atoms with E-state index in [-0.39, 0.29) is 29.5 Å². The number of rotatable bonds is 3. The van der Waals surface area contributed by atoms with Gasteiger partial charge in [-0.3, -0.25) is 19.8 Å². The second-order valence-corrected chi connectivity index (χ2v) is 6.48. The molecule has 0 saturated carbocycles. The van der Waals surface area contributed by atoms with E-state index in [0.29, 0.717) is 0 Å². The van der Waals surface area contributed by atoms with Crippen LogP contribution in [0.5, 0.6) is 0 Å². The van der Waals surface area contributed by atoms with E-state index < -0.39 is 4.92 Å². The van der Waals surface area contributed by atoms with Crippen LogP contribution in [0, 0.1) is 10.1 Å². The van der Waals surface area contributed by atoms with Crippen LogP contribution in [0.2, 0.25) is 0 Å². The van der Waals surface area contributed by atoms with Gasteiger partial charge in [0.25, 0.3) is 5.69 Å². The number of nitro groups is 1. The van der Waals surface area contributed by atoms with Gasteiger partial charge in [0.05, 0.1) is 16.9 Å². The molecule has 2 unspecified atom stereocenters. The molecule has 4 rings (SSSR count). The third-order valence-electron chi connectivity index (χ3n) is 5.21. The largest absolute Gasteiger partial charge is 0.297 e. The zero-order chi connectivity index (χ0) is 16.7. The van der Waals surface area contributed by atoms with E-state index in [1.165, 1.54) is 12.1 Å². The van der Waals surface area contributed by atoms with Crippen molar-refractivity contribution in [1.82, 2.24) is 4.90 Å². The number of fused-ring (bicyclic) bond motifs is 1. The van der Waals surface area contributed by atoms with E-state index in [4.69, 9.17) is 0 Å². The molecule has 122 valence electrons. The molecule has 0 bridgehead atoms. The molecule has 0 spiro atoms. The lowest BCUT2D eigenvalue weighted by molar-refractivity contribution is -0.384. The highest BCUT2D eigenvalue weighted by Gasteiger charge is 2.50. The Hall–Kier alpha value is -2.53. The van der Waals surface area contributed by atoms with Crippen LogP contribution in [0.15, 0.2) is 54.6 Å². The van der Waals surface area contributed by atoms with Gasteiger partial charge >= 0.3 is 0 Å². The third-order valence-corrected chi connectivity index (χ3v) is 5.21. The molecular formula is C19H18N2O3. The van der Waals surface area contributed by atoms with Crippen LogP contribution in [-0.4, -0.2) is 28.2 Å². The molecule has 0 aliphatic carbocycles. The second-order valence-electron chi connectivity index (χ2n) is 6.48. The van der Waals surface area contributed by atoms with Crippen molar-refractivity contribution in [3.8, 4) is 0 Å².